The number of rotatable bonds is 0. The second-order valence-electron chi connectivity index (χ2n) is 15.3. The molecule has 192 valence electrons. The Morgan fingerprint density at radius 2 is 1.67 bits per heavy atom. The zero-order valence-electron chi connectivity index (χ0n) is 23.2. The van der Waals surface area contributed by atoms with Crippen LogP contribution in [-0.2, 0) is 9.53 Å². The van der Waals surface area contributed by atoms with Crippen LogP contribution in [0.2, 0.25) is 0 Å². The lowest BCUT2D eigenvalue weighted by molar-refractivity contribution is -0.147. The van der Waals surface area contributed by atoms with Crippen molar-refractivity contribution in [2.24, 2.45) is 50.2 Å². The van der Waals surface area contributed by atoms with Crippen molar-refractivity contribution in [1.29, 1.82) is 10.5 Å². The molecule has 4 fully saturated rings. The lowest BCUT2D eigenvalue weighted by Gasteiger charge is -2.66. The number of epoxide rings is 1. The third-order valence-corrected chi connectivity index (χ3v) is 12.8. The number of nitriles is 2. The van der Waals surface area contributed by atoms with Gasteiger partial charge in [-0.2, -0.15) is 10.5 Å². The van der Waals surface area contributed by atoms with Gasteiger partial charge in [-0.05, 0) is 78.9 Å². The molecule has 5 unspecified atom stereocenters. The number of nitrogens with zero attached hydrogens (tertiary/aromatic N) is 2. The van der Waals surface area contributed by atoms with Gasteiger partial charge in [0.1, 0.15) is 12.2 Å². The highest BCUT2D eigenvalue weighted by Gasteiger charge is 2.72. The molecule has 5 aliphatic carbocycles. The predicted molar refractivity (Wildman–Crippen MR) is 138 cm³/mol. The van der Waals surface area contributed by atoms with Crippen LogP contribution in [0, 0.1) is 72.9 Å². The van der Waals surface area contributed by atoms with Crippen molar-refractivity contribution < 1.29 is 9.53 Å². The molecule has 9 atom stereocenters. The molecule has 0 aromatic rings. The Morgan fingerprint density at radius 1 is 0.972 bits per heavy atom. The van der Waals surface area contributed by atoms with Crippen LogP contribution in [0.15, 0.2) is 23.3 Å². The van der Waals surface area contributed by atoms with E-state index in [0.717, 1.165) is 44.9 Å². The van der Waals surface area contributed by atoms with Crippen molar-refractivity contribution in [1.82, 2.24) is 0 Å². The third-order valence-electron chi connectivity index (χ3n) is 12.8. The fourth-order valence-corrected chi connectivity index (χ4v) is 10.5. The van der Waals surface area contributed by atoms with E-state index in [2.05, 4.69) is 66.7 Å². The van der Waals surface area contributed by atoms with E-state index in [0.29, 0.717) is 17.4 Å². The van der Waals surface area contributed by atoms with Gasteiger partial charge in [0.15, 0.2) is 5.78 Å². The number of hydrogen-bond acceptors (Lipinski definition) is 4. The Morgan fingerprint density at radius 3 is 2.33 bits per heavy atom. The molecule has 0 aromatic heterocycles. The number of ketones is 1. The summed E-state index contributed by atoms with van der Waals surface area (Å²) < 4.78 is 6.51. The van der Waals surface area contributed by atoms with Crippen molar-refractivity contribution in [2.45, 2.75) is 106 Å². The standard InChI is InChI=1S/C32H42N2O2/c1-27(2)10-12-32(18-34)13-11-31(7)24(20(32)16-27)25-21(36-25)14-23-29(5)15-19(17-33)26(35)28(3,4)22(29)8-9-30(23,31)6/h14-15,20-22,24-25H,8-13,16H2,1-7H3/t20?,21?,22?,24?,25?,29-,30+,31+,32+/m0/s1. The summed E-state index contributed by atoms with van der Waals surface area (Å²) in [4.78, 5) is 13.3. The molecule has 0 aromatic carbocycles. The summed E-state index contributed by atoms with van der Waals surface area (Å²) in [7, 11) is 0. The first-order valence-electron chi connectivity index (χ1n) is 14.2. The molecule has 0 spiro atoms. The van der Waals surface area contributed by atoms with Crippen LogP contribution in [0.4, 0.5) is 0 Å². The lowest BCUT2D eigenvalue weighted by atomic mass is 9.36. The first kappa shape index (κ1) is 24.4. The van der Waals surface area contributed by atoms with Gasteiger partial charge in [-0.1, -0.05) is 66.2 Å². The summed E-state index contributed by atoms with van der Waals surface area (Å²) >= 11 is 0. The Hall–Kier alpha value is -1.91. The topological polar surface area (TPSA) is 77.2 Å². The van der Waals surface area contributed by atoms with Gasteiger partial charge in [0, 0.05) is 10.8 Å². The van der Waals surface area contributed by atoms with E-state index in [4.69, 9.17) is 4.74 Å². The number of allylic oxidation sites excluding steroid dienone is 3. The van der Waals surface area contributed by atoms with E-state index in [1.807, 2.05) is 6.08 Å². The van der Waals surface area contributed by atoms with E-state index in [9.17, 15) is 15.3 Å². The zero-order valence-corrected chi connectivity index (χ0v) is 23.2. The number of carbonyl (C=O) groups is 1. The molecule has 0 N–H and O–H groups in total. The monoisotopic (exact) mass is 486 g/mol. The van der Waals surface area contributed by atoms with Gasteiger partial charge < -0.3 is 4.74 Å². The smallest absolute Gasteiger partial charge is 0.178 e. The summed E-state index contributed by atoms with van der Waals surface area (Å²) in [6, 6.07) is 5.13. The molecule has 36 heavy (non-hydrogen) atoms. The second-order valence-corrected chi connectivity index (χ2v) is 15.3. The van der Waals surface area contributed by atoms with E-state index < -0.39 is 5.41 Å². The van der Waals surface area contributed by atoms with Crippen molar-refractivity contribution in [3.8, 4) is 12.1 Å². The number of fused-ring (bicyclic) bond motifs is 9. The van der Waals surface area contributed by atoms with Crippen LogP contribution in [0.3, 0.4) is 0 Å². The molecule has 4 nitrogen and oxygen atoms in total. The molecular weight excluding hydrogens is 444 g/mol. The SMILES string of the molecule is CC1(C)CC[C@]2(C#N)CC[C@]3(C)C(C4OC4C=C4[C@@]5(C)C=C(C#N)C(=O)C(C)(C)C5CC[C@]43C)C2C1. The lowest BCUT2D eigenvalue weighted by Crippen LogP contribution is -2.61. The molecule has 1 aliphatic heterocycles. The maximum Gasteiger partial charge on any atom is 0.178 e. The first-order valence-corrected chi connectivity index (χ1v) is 14.2. The van der Waals surface area contributed by atoms with Crippen LogP contribution in [0.5, 0.6) is 0 Å². The van der Waals surface area contributed by atoms with Crippen LogP contribution < -0.4 is 0 Å². The number of ether oxygens (including phenoxy) is 1. The maximum atomic E-state index is 13.3. The van der Waals surface area contributed by atoms with Crippen molar-refractivity contribution in [2.75, 3.05) is 0 Å². The highest BCUT2D eigenvalue weighted by molar-refractivity contribution is 6.04. The maximum absolute atomic E-state index is 13.3. The predicted octanol–water partition coefficient (Wildman–Crippen LogP) is 6.93. The van der Waals surface area contributed by atoms with Gasteiger partial charge in [-0.15, -0.1) is 0 Å². The normalized spacial score (nSPS) is 51.8. The van der Waals surface area contributed by atoms with E-state index in [1.54, 1.807) is 0 Å². The minimum atomic E-state index is -0.566. The third kappa shape index (κ3) is 2.76. The van der Waals surface area contributed by atoms with E-state index >= 15 is 0 Å². The molecule has 1 heterocycles. The van der Waals surface area contributed by atoms with Crippen molar-refractivity contribution in [3.05, 3.63) is 23.3 Å². The minimum absolute atomic E-state index is 0.00385. The molecule has 4 heteroatoms. The molecule has 0 amide bonds. The fraction of sp³-hybridized carbons (Fsp3) is 0.781. The Bertz CT molecular complexity index is 1200. The molecule has 6 aliphatic rings. The highest BCUT2D eigenvalue weighted by atomic mass is 16.6. The minimum Gasteiger partial charge on any atom is -0.365 e. The highest BCUT2D eigenvalue weighted by Crippen LogP contribution is 2.75. The van der Waals surface area contributed by atoms with Gasteiger partial charge in [-0.25, -0.2) is 0 Å². The Kier molecular flexibility index (Phi) is 4.71. The zero-order chi connectivity index (χ0) is 26.1. The Labute approximate surface area is 217 Å². The van der Waals surface area contributed by atoms with Gasteiger partial charge >= 0.3 is 0 Å². The van der Waals surface area contributed by atoms with E-state index in [1.165, 1.54) is 5.57 Å². The summed E-state index contributed by atoms with van der Waals surface area (Å²) in [5.41, 5.74) is 0.775. The number of carbonyl (C=O) groups excluding carboxylic acids is 1. The summed E-state index contributed by atoms with van der Waals surface area (Å²) in [6.07, 6.45) is 12.0. The van der Waals surface area contributed by atoms with Gasteiger partial charge in [0.25, 0.3) is 0 Å². The van der Waals surface area contributed by atoms with Crippen molar-refractivity contribution in [3.63, 3.8) is 0 Å². The van der Waals surface area contributed by atoms with Crippen LogP contribution in [-0.4, -0.2) is 18.0 Å². The van der Waals surface area contributed by atoms with Crippen LogP contribution in [0.1, 0.15) is 93.4 Å². The number of hydrogen-bond donors (Lipinski definition) is 0. The van der Waals surface area contributed by atoms with E-state index in [-0.39, 0.29) is 51.0 Å². The average Bonchev–Trinajstić information content (AvgIpc) is 3.57. The van der Waals surface area contributed by atoms with Gasteiger partial charge in [-0.3, -0.25) is 4.79 Å². The van der Waals surface area contributed by atoms with Crippen LogP contribution >= 0.6 is 0 Å². The molecule has 1 saturated heterocycles. The summed E-state index contributed by atoms with van der Waals surface area (Å²) in [6.45, 7) is 16.2. The van der Waals surface area contributed by atoms with Crippen molar-refractivity contribution >= 4 is 5.78 Å². The molecular formula is C32H42N2O2. The van der Waals surface area contributed by atoms with Gasteiger partial charge in [0.2, 0.25) is 0 Å². The summed E-state index contributed by atoms with van der Waals surface area (Å²) in [5.74, 6) is 0.870. The average molecular weight is 487 g/mol. The molecule has 0 bridgehead atoms. The molecule has 3 saturated carbocycles. The molecule has 0 radical (unpaired) electrons. The first-order chi connectivity index (χ1) is 16.7. The number of Topliss-reactive ketones (excluding diaryl/α,β-unsaturated/α-hetero) is 1. The quantitative estimate of drug-likeness (QED) is 0.275. The van der Waals surface area contributed by atoms with Gasteiger partial charge in [0.05, 0.1) is 23.2 Å². The van der Waals surface area contributed by atoms with Crippen LogP contribution in [0.25, 0.3) is 0 Å². The Balaban J connectivity index is 1.52. The fourth-order valence-electron chi connectivity index (χ4n) is 10.5. The second kappa shape index (κ2) is 6.94. The molecule has 6 rings (SSSR count). The largest absolute Gasteiger partial charge is 0.365 e. The summed E-state index contributed by atoms with van der Waals surface area (Å²) in [5, 5.41) is 20.5.